The number of nitrogens with two attached hydrogens (primary N) is 1. The maximum atomic E-state index is 13.8. The molecule has 1 aliphatic heterocycles. The van der Waals surface area contributed by atoms with Gasteiger partial charge in [-0.25, -0.2) is 4.39 Å². The quantitative estimate of drug-likeness (QED) is 0.848. The number of piperidine rings is 1. The lowest BCUT2D eigenvalue weighted by Crippen LogP contribution is -2.43. The Morgan fingerprint density at radius 3 is 2.63 bits per heavy atom. The molecular formula is C15H24FN3. The molecule has 1 aromatic carbocycles. The number of nitrogens with zero attached hydrogens (tertiary/aromatic N) is 2. The molecule has 1 aliphatic rings. The second-order valence-corrected chi connectivity index (χ2v) is 5.43. The highest BCUT2D eigenvalue weighted by atomic mass is 19.1. The molecule has 4 heteroatoms. The van der Waals surface area contributed by atoms with E-state index in [2.05, 4.69) is 23.8 Å². The maximum absolute atomic E-state index is 13.8. The molecule has 2 N–H and O–H groups in total. The van der Waals surface area contributed by atoms with Crippen LogP contribution in [0.15, 0.2) is 18.2 Å². The Bertz CT molecular complexity index is 414. The van der Waals surface area contributed by atoms with Gasteiger partial charge in [0, 0.05) is 23.8 Å². The molecule has 106 valence electrons. The fourth-order valence-corrected chi connectivity index (χ4v) is 2.77. The van der Waals surface area contributed by atoms with Crippen LogP contribution in [0.25, 0.3) is 0 Å². The summed E-state index contributed by atoms with van der Waals surface area (Å²) in [6.45, 7) is 6.28. The molecule has 2 rings (SSSR count). The van der Waals surface area contributed by atoms with E-state index in [0.717, 1.165) is 25.2 Å². The van der Waals surface area contributed by atoms with E-state index in [1.165, 1.54) is 18.9 Å². The fraction of sp³-hybridized carbons (Fsp3) is 0.600. The number of likely N-dealkylation sites (tertiary alicyclic amines) is 1. The Labute approximate surface area is 115 Å². The predicted octanol–water partition coefficient (Wildman–Crippen LogP) is 2.32. The summed E-state index contributed by atoms with van der Waals surface area (Å²) in [5, 5.41) is 0. The Morgan fingerprint density at radius 1 is 1.37 bits per heavy atom. The first kappa shape index (κ1) is 14.3. The minimum atomic E-state index is -0.196. The van der Waals surface area contributed by atoms with Crippen molar-refractivity contribution in [3.05, 3.63) is 29.6 Å². The van der Waals surface area contributed by atoms with E-state index >= 15 is 0 Å². The van der Waals surface area contributed by atoms with Crippen molar-refractivity contribution in [3.63, 3.8) is 0 Å². The first-order valence-electron chi connectivity index (χ1n) is 7.06. The van der Waals surface area contributed by atoms with E-state index in [1.54, 1.807) is 12.1 Å². The van der Waals surface area contributed by atoms with Crippen LogP contribution in [0.2, 0.25) is 0 Å². The molecule has 0 spiro atoms. The normalized spacial score (nSPS) is 18.1. The van der Waals surface area contributed by atoms with Gasteiger partial charge in [-0.15, -0.1) is 0 Å². The second kappa shape index (κ2) is 6.35. The number of hydrogen-bond acceptors (Lipinski definition) is 3. The third-order valence-electron chi connectivity index (χ3n) is 4.12. The van der Waals surface area contributed by atoms with Crippen molar-refractivity contribution in [1.29, 1.82) is 0 Å². The summed E-state index contributed by atoms with van der Waals surface area (Å²) >= 11 is 0. The van der Waals surface area contributed by atoms with Crippen molar-refractivity contribution in [1.82, 2.24) is 9.80 Å². The third kappa shape index (κ3) is 3.67. The summed E-state index contributed by atoms with van der Waals surface area (Å²) in [7, 11) is 2.09. The topological polar surface area (TPSA) is 32.5 Å². The van der Waals surface area contributed by atoms with Gasteiger partial charge in [0.15, 0.2) is 0 Å². The number of nitrogen functional groups attached to an aromatic ring is 1. The maximum Gasteiger partial charge on any atom is 0.129 e. The molecule has 0 bridgehead atoms. The standard InChI is InChI=1S/C15H24FN3/c1-3-19-8-6-14(7-9-19)18(2)11-12-4-5-13(17)10-15(12)16/h4-5,10,14H,3,6-9,11,17H2,1-2H3. The molecule has 1 saturated heterocycles. The largest absolute Gasteiger partial charge is 0.399 e. The van der Waals surface area contributed by atoms with Crippen LogP contribution in [0, 0.1) is 5.82 Å². The number of anilines is 1. The van der Waals surface area contributed by atoms with Crippen LogP contribution in [-0.2, 0) is 6.54 Å². The van der Waals surface area contributed by atoms with E-state index in [-0.39, 0.29) is 5.82 Å². The first-order valence-corrected chi connectivity index (χ1v) is 7.06. The Morgan fingerprint density at radius 2 is 2.05 bits per heavy atom. The first-order chi connectivity index (χ1) is 9.10. The average Bonchev–Trinajstić information content (AvgIpc) is 2.42. The second-order valence-electron chi connectivity index (χ2n) is 5.43. The zero-order valence-electron chi connectivity index (χ0n) is 11.9. The zero-order chi connectivity index (χ0) is 13.8. The molecule has 1 aromatic rings. The van der Waals surface area contributed by atoms with Gasteiger partial charge in [0.05, 0.1) is 0 Å². The van der Waals surface area contributed by atoms with Gasteiger partial charge in [0.25, 0.3) is 0 Å². The van der Waals surface area contributed by atoms with E-state index in [0.29, 0.717) is 18.3 Å². The van der Waals surface area contributed by atoms with Crippen LogP contribution >= 0.6 is 0 Å². The Hall–Kier alpha value is -1.13. The number of halogens is 1. The van der Waals surface area contributed by atoms with Gasteiger partial charge in [-0.3, -0.25) is 4.90 Å². The molecule has 1 fully saturated rings. The third-order valence-corrected chi connectivity index (χ3v) is 4.12. The van der Waals surface area contributed by atoms with E-state index in [1.807, 2.05) is 0 Å². The number of rotatable bonds is 4. The monoisotopic (exact) mass is 265 g/mol. The minimum Gasteiger partial charge on any atom is -0.399 e. The van der Waals surface area contributed by atoms with Gasteiger partial charge in [0.1, 0.15) is 5.82 Å². The van der Waals surface area contributed by atoms with Gasteiger partial charge < -0.3 is 10.6 Å². The molecule has 0 atom stereocenters. The lowest BCUT2D eigenvalue weighted by atomic mass is 10.0. The highest BCUT2D eigenvalue weighted by molar-refractivity contribution is 5.40. The summed E-state index contributed by atoms with van der Waals surface area (Å²) in [4.78, 5) is 4.73. The molecule has 0 aromatic heterocycles. The van der Waals surface area contributed by atoms with E-state index in [4.69, 9.17) is 5.73 Å². The highest BCUT2D eigenvalue weighted by Crippen LogP contribution is 2.19. The molecule has 0 unspecified atom stereocenters. The summed E-state index contributed by atoms with van der Waals surface area (Å²) in [6.07, 6.45) is 2.34. The smallest absolute Gasteiger partial charge is 0.129 e. The molecule has 0 radical (unpaired) electrons. The van der Waals surface area contributed by atoms with Gasteiger partial charge in [-0.05, 0) is 51.7 Å². The van der Waals surface area contributed by atoms with Crippen LogP contribution in [0.4, 0.5) is 10.1 Å². The summed E-state index contributed by atoms with van der Waals surface area (Å²) in [5.41, 5.74) is 6.79. The van der Waals surface area contributed by atoms with Crippen LogP contribution in [0.1, 0.15) is 25.3 Å². The van der Waals surface area contributed by atoms with Gasteiger partial charge in [-0.2, -0.15) is 0 Å². The highest BCUT2D eigenvalue weighted by Gasteiger charge is 2.22. The molecule has 0 saturated carbocycles. The molecule has 0 amide bonds. The molecular weight excluding hydrogens is 241 g/mol. The van der Waals surface area contributed by atoms with Crippen molar-refractivity contribution in [2.45, 2.75) is 32.4 Å². The average molecular weight is 265 g/mol. The van der Waals surface area contributed by atoms with Crippen molar-refractivity contribution < 1.29 is 4.39 Å². The summed E-state index contributed by atoms with van der Waals surface area (Å²) in [5.74, 6) is -0.196. The summed E-state index contributed by atoms with van der Waals surface area (Å²) in [6, 6.07) is 5.52. The minimum absolute atomic E-state index is 0.196. The van der Waals surface area contributed by atoms with Crippen molar-refractivity contribution >= 4 is 5.69 Å². The summed E-state index contributed by atoms with van der Waals surface area (Å²) < 4.78 is 13.8. The lowest BCUT2D eigenvalue weighted by Gasteiger charge is -2.36. The van der Waals surface area contributed by atoms with Gasteiger partial charge >= 0.3 is 0 Å². The molecule has 3 nitrogen and oxygen atoms in total. The van der Waals surface area contributed by atoms with E-state index in [9.17, 15) is 4.39 Å². The Kier molecular flexibility index (Phi) is 4.77. The van der Waals surface area contributed by atoms with Crippen molar-refractivity contribution in [2.75, 3.05) is 32.4 Å². The molecule has 1 heterocycles. The SMILES string of the molecule is CCN1CCC(N(C)Cc2ccc(N)cc2F)CC1. The van der Waals surface area contributed by atoms with Gasteiger partial charge in [-0.1, -0.05) is 13.0 Å². The fourth-order valence-electron chi connectivity index (χ4n) is 2.77. The molecule has 19 heavy (non-hydrogen) atoms. The van der Waals surface area contributed by atoms with Crippen LogP contribution in [0.3, 0.4) is 0 Å². The van der Waals surface area contributed by atoms with Gasteiger partial charge in [0.2, 0.25) is 0 Å². The van der Waals surface area contributed by atoms with Crippen LogP contribution in [-0.4, -0.2) is 42.5 Å². The van der Waals surface area contributed by atoms with Crippen LogP contribution in [0.5, 0.6) is 0 Å². The zero-order valence-corrected chi connectivity index (χ0v) is 11.9. The lowest BCUT2D eigenvalue weighted by molar-refractivity contribution is 0.126. The predicted molar refractivity (Wildman–Crippen MR) is 77.4 cm³/mol. The number of hydrogen-bond donors (Lipinski definition) is 1. The van der Waals surface area contributed by atoms with Crippen LogP contribution < -0.4 is 5.73 Å². The van der Waals surface area contributed by atoms with Crippen molar-refractivity contribution in [2.24, 2.45) is 0 Å². The number of benzene rings is 1. The van der Waals surface area contributed by atoms with Crippen molar-refractivity contribution in [3.8, 4) is 0 Å². The Balaban J connectivity index is 1.92. The van der Waals surface area contributed by atoms with E-state index < -0.39 is 0 Å². The molecule has 0 aliphatic carbocycles.